The fraction of sp³-hybridized carbons (Fsp3) is 0.0625. The minimum atomic E-state index is -0.0490. The monoisotopic (exact) mass is 284 g/mol. The summed E-state index contributed by atoms with van der Waals surface area (Å²) in [5.74, 6) is -0.0490. The molecule has 2 aliphatic rings. The van der Waals surface area contributed by atoms with Gasteiger partial charge in [0.1, 0.15) is 5.15 Å². The Hall–Kier alpha value is -2.26. The number of para-hydroxylation sites is 1. The number of benzene rings is 1. The molecule has 3 nitrogen and oxygen atoms in total. The van der Waals surface area contributed by atoms with Crippen LogP contribution in [0.1, 0.15) is 11.7 Å². The molecule has 0 bridgehead atoms. The molecule has 2 aliphatic heterocycles. The van der Waals surface area contributed by atoms with Crippen molar-refractivity contribution in [2.24, 2.45) is 0 Å². The van der Waals surface area contributed by atoms with E-state index < -0.39 is 0 Å². The number of nitrogens with zero attached hydrogens (tertiary/aromatic N) is 1. The summed E-state index contributed by atoms with van der Waals surface area (Å²) < 4.78 is 1.63. The lowest BCUT2D eigenvalue weighted by Gasteiger charge is -2.10. The van der Waals surface area contributed by atoms with E-state index in [1.807, 2.05) is 42.5 Å². The van der Waals surface area contributed by atoms with Gasteiger partial charge in [-0.15, -0.1) is 0 Å². The Morgan fingerprint density at radius 1 is 1.10 bits per heavy atom. The molecule has 1 aromatic carbocycles. The zero-order valence-corrected chi connectivity index (χ0v) is 11.7. The zero-order chi connectivity index (χ0) is 14.1. The van der Waals surface area contributed by atoms with Gasteiger partial charge in [0.15, 0.2) is 0 Å². The van der Waals surface area contributed by atoms with E-state index in [1.54, 1.807) is 23.8 Å². The van der Waals surface area contributed by atoms with Crippen molar-refractivity contribution < 1.29 is 4.79 Å². The van der Waals surface area contributed by atoms with Crippen LogP contribution in [0.15, 0.2) is 54.7 Å². The van der Waals surface area contributed by atoms with Crippen molar-refractivity contribution in [2.45, 2.75) is 6.92 Å². The third kappa shape index (κ3) is 2.28. The predicted molar refractivity (Wildman–Crippen MR) is 81.8 cm³/mol. The summed E-state index contributed by atoms with van der Waals surface area (Å²) in [7, 11) is 0. The lowest BCUT2D eigenvalue weighted by Crippen LogP contribution is -2.07. The number of H-pyrrole nitrogens is 1. The van der Waals surface area contributed by atoms with Crippen LogP contribution in [-0.2, 0) is 0 Å². The van der Waals surface area contributed by atoms with Gasteiger partial charge in [-0.1, -0.05) is 41.9 Å². The van der Waals surface area contributed by atoms with E-state index in [2.05, 4.69) is 4.98 Å². The third-order valence-electron chi connectivity index (χ3n) is 3.21. The molecule has 0 fully saturated rings. The Balaban J connectivity index is 2.50. The van der Waals surface area contributed by atoms with E-state index in [0.29, 0.717) is 5.15 Å². The van der Waals surface area contributed by atoms with E-state index in [1.165, 1.54) is 0 Å². The fourth-order valence-corrected chi connectivity index (χ4v) is 2.40. The van der Waals surface area contributed by atoms with Gasteiger partial charge < -0.3 is 4.98 Å². The Morgan fingerprint density at radius 2 is 1.85 bits per heavy atom. The minimum Gasteiger partial charge on any atom is -0.344 e. The van der Waals surface area contributed by atoms with E-state index in [9.17, 15) is 4.79 Å². The minimum absolute atomic E-state index is 0.0490. The Morgan fingerprint density at radius 3 is 2.65 bits per heavy atom. The zero-order valence-electron chi connectivity index (χ0n) is 10.9. The first-order chi connectivity index (χ1) is 9.65. The smallest absolute Gasteiger partial charge is 0.228 e. The maximum Gasteiger partial charge on any atom is 0.228 e. The van der Waals surface area contributed by atoms with Crippen LogP contribution in [0.2, 0.25) is 5.15 Å². The highest BCUT2D eigenvalue weighted by atomic mass is 35.5. The number of aromatic nitrogens is 2. The van der Waals surface area contributed by atoms with Crippen molar-refractivity contribution in [2.75, 3.05) is 0 Å². The molecule has 0 spiro atoms. The van der Waals surface area contributed by atoms with Gasteiger partial charge >= 0.3 is 0 Å². The molecule has 0 amide bonds. The molecule has 0 aliphatic carbocycles. The van der Waals surface area contributed by atoms with E-state index in [-0.39, 0.29) is 5.91 Å². The molecule has 0 atom stereocenters. The van der Waals surface area contributed by atoms with Gasteiger partial charge in [0, 0.05) is 13.1 Å². The molecule has 0 saturated carbocycles. The maximum absolute atomic E-state index is 11.9. The summed E-state index contributed by atoms with van der Waals surface area (Å²) >= 11 is 6.00. The van der Waals surface area contributed by atoms with Crippen LogP contribution in [0.25, 0.3) is 22.2 Å². The summed E-state index contributed by atoms with van der Waals surface area (Å²) in [6.45, 7) is 1.54. The van der Waals surface area contributed by atoms with Crippen LogP contribution >= 0.6 is 11.6 Å². The molecule has 3 rings (SSSR count). The highest BCUT2D eigenvalue weighted by molar-refractivity contribution is 6.29. The Labute approximate surface area is 121 Å². The van der Waals surface area contributed by atoms with Crippen LogP contribution in [0, 0.1) is 0 Å². The quantitative estimate of drug-likeness (QED) is 0.606. The fourth-order valence-electron chi connectivity index (χ4n) is 2.23. The summed E-state index contributed by atoms with van der Waals surface area (Å²) in [4.78, 5) is 15.0. The van der Waals surface area contributed by atoms with Crippen molar-refractivity contribution in [3.8, 4) is 11.3 Å². The van der Waals surface area contributed by atoms with Crippen molar-refractivity contribution in [1.29, 1.82) is 0 Å². The number of fused-ring (bicyclic) bond motifs is 2. The summed E-state index contributed by atoms with van der Waals surface area (Å²) in [6.07, 6.45) is 1.78. The molecule has 0 unspecified atom stereocenters. The molecule has 100 valence electrons. The second-order valence-corrected chi connectivity index (χ2v) is 4.99. The van der Waals surface area contributed by atoms with Gasteiger partial charge in [-0.3, -0.25) is 9.36 Å². The molecule has 0 radical (unpaired) electrons. The lowest BCUT2D eigenvalue weighted by atomic mass is 10.1. The second-order valence-electron chi connectivity index (χ2n) is 4.59. The Kier molecular flexibility index (Phi) is 3.20. The summed E-state index contributed by atoms with van der Waals surface area (Å²) in [5.41, 5.74) is 2.64. The predicted octanol–water partition coefficient (Wildman–Crippen LogP) is 4.51. The third-order valence-corrected chi connectivity index (χ3v) is 3.43. The normalized spacial score (nSPS) is 10.7. The van der Waals surface area contributed by atoms with Crippen LogP contribution in [0.5, 0.6) is 0 Å². The molecule has 0 aromatic heterocycles. The first-order valence-corrected chi connectivity index (χ1v) is 6.66. The number of nitrogens with one attached hydrogen (secondary N) is 1. The van der Waals surface area contributed by atoms with Crippen LogP contribution < -0.4 is 0 Å². The molecule has 4 heteroatoms. The molecular formula is C16H13ClN2O. The Bertz CT molecular complexity index is 814. The summed E-state index contributed by atoms with van der Waals surface area (Å²) in [6, 6.07) is 15.5. The number of pyridine rings is 1. The lowest BCUT2D eigenvalue weighted by molar-refractivity contribution is 0.0941. The average Bonchev–Trinajstić information content (AvgIpc) is 2.41. The summed E-state index contributed by atoms with van der Waals surface area (Å²) in [5, 5.41) is 1.53. The van der Waals surface area contributed by atoms with Crippen molar-refractivity contribution in [3.63, 3.8) is 0 Å². The van der Waals surface area contributed by atoms with E-state index >= 15 is 0 Å². The number of hydrogen-bond donors (Lipinski definition) is 1. The van der Waals surface area contributed by atoms with Gasteiger partial charge in [-0.25, -0.2) is 0 Å². The molecular weight excluding hydrogens is 272 g/mol. The molecule has 1 N–H and O–H groups in total. The van der Waals surface area contributed by atoms with Gasteiger partial charge in [0.25, 0.3) is 0 Å². The molecule has 1 aromatic rings. The molecule has 2 heterocycles. The number of halogens is 1. The van der Waals surface area contributed by atoms with E-state index in [0.717, 1.165) is 22.2 Å². The second kappa shape index (κ2) is 5.02. The number of hydrogen-bond acceptors (Lipinski definition) is 1. The van der Waals surface area contributed by atoms with Gasteiger partial charge in [-0.05, 0) is 29.1 Å². The average molecular weight is 285 g/mol. The first-order valence-electron chi connectivity index (χ1n) is 6.29. The van der Waals surface area contributed by atoms with Crippen molar-refractivity contribution in [1.82, 2.24) is 9.55 Å². The molecule has 20 heavy (non-hydrogen) atoms. The van der Waals surface area contributed by atoms with Crippen molar-refractivity contribution >= 4 is 28.4 Å². The first kappa shape index (κ1) is 12.8. The molecule has 0 saturated heterocycles. The van der Waals surface area contributed by atoms with Crippen molar-refractivity contribution in [3.05, 3.63) is 59.9 Å². The number of aromatic amines is 1. The maximum atomic E-state index is 11.9. The van der Waals surface area contributed by atoms with Gasteiger partial charge in [0.2, 0.25) is 5.91 Å². The van der Waals surface area contributed by atoms with Gasteiger partial charge in [-0.2, -0.15) is 0 Å². The van der Waals surface area contributed by atoms with Crippen LogP contribution in [-0.4, -0.2) is 15.5 Å². The number of rotatable bonds is 0. The highest BCUT2D eigenvalue weighted by Crippen LogP contribution is 2.22. The van der Waals surface area contributed by atoms with Crippen LogP contribution in [0.3, 0.4) is 0 Å². The SMILES string of the molecule is CC(=O)n1cc2[nH]c(Cl)ccc-2ccc2ccccc21. The highest BCUT2D eigenvalue weighted by Gasteiger charge is 2.05. The van der Waals surface area contributed by atoms with Gasteiger partial charge in [0.05, 0.1) is 11.2 Å². The standard InChI is InChI=1S/C16H13ClN2O/c1-11(20)19-10-14-12(8-9-16(17)18-14)6-7-13-4-2-3-5-15(13)19/h2-10,18H,1H3. The number of carbonyl (C=O) groups excluding carboxylic acids is 1. The van der Waals surface area contributed by atoms with E-state index in [4.69, 9.17) is 11.6 Å². The topological polar surface area (TPSA) is 37.8 Å². The largest absolute Gasteiger partial charge is 0.344 e. The van der Waals surface area contributed by atoms with Crippen LogP contribution in [0.4, 0.5) is 0 Å². The number of carbonyl (C=O) groups is 1.